The van der Waals surface area contributed by atoms with Crippen LogP contribution in [0.25, 0.3) is 0 Å². The quantitative estimate of drug-likeness (QED) is 0.660. The first-order chi connectivity index (χ1) is 13.8. The summed E-state index contributed by atoms with van der Waals surface area (Å²) in [5.41, 5.74) is -0.0565. The number of hydrogen-bond donors (Lipinski definition) is 2. The lowest BCUT2D eigenvalue weighted by molar-refractivity contribution is -0.274. The molecule has 1 aromatic carbocycles. The number of nitrogens with zero attached hydrogens (tertiary/aromatic N) is 3. The van der Waals surface area contributed by atoms with Gasteiger partial charge >= 0.3 is 6.36 Å². The molecule has 1 fully saturated rings. The van der Waals surface area contributed by atoms with Crippen LogP contribution in [-0.4, -0.2) is 45.4 Å². The summed E-state index contributed by atoms with van der Waals surface area (Å²) < 4.78 is 55.5. The predicted octanol–water partition coefficient (Wildman–Crippen LogP) is 4.93. The molecule has 10 heteroatoms. The smallest absolute Gasteiger partial charge is 0.406 e. The summed E-state index contributed by atoms with van der Waals surface area (Å²) in [4.78, 5) is 10.3. The fourth-order valence-electron chi connectivity index (χ4n) is 3.72. The van der Waals surface area contributed by atoms with Gasteiger partial charge in [-0.1, -0.05) is 6.07 Å². The molecular weight excluding hydrogens is 402 g/mol. The van der Waals surface area contributed by atoms with Crippen molar-refractivity contribution in [1.82, 2.24) is 14.9 Å². The number of hydrogen-bond acceptors (Lipinski definition) is 6. The minimum atomic E-state index is -4.79. The second-order valence-corrected chi connectivity index (χ2v) is 8.52. The number of anilines is 3. The topological polar surface area (TPSA) is 62.3 Å². The summed E-state index contributed by atoms with van der Waals surface area (Å²) in [5, 5.41) is 5.95. The Morgan fingerprint density at radius 1 is 1.20 bits per heavy atom. The van der Waals surface area contributed by atoms with Crippen molar-refractivity contribution in [1.29, 1.82) is 0 Å². The SMILES string of the molecule is CN1C(C)(C)CC(Nc2nc(Nc3cccc(OC(F)(F)F)c3)ncc2F)C1(C)C. The van der Waals surface area contributed by atoms with Gasteiger partial charge in [-0.3, -0.25) is 4.90 Å². The molecule has 1 atom stereocenters. The summed E-state index contributed by atoms with van der Waals surface area (Å²) >= 11 is 0. The molecular formula is C20H25F4N5O. The lowest BCUT2D eigenvalue weighted by atomic mass is 9.94. The molecule has 6 nitrogen and oxygen atoms in total. The molecule has 30 heavy (non-hydrogen) atoms. The number of rotatable bonds is 5. The van der Waals surface area contributed by atoms with Crippen molar-refractivity contribution in [2.75, 3.05) is 17.7 Å². The number of benzene rings is 1. The Balaban J connectivity index is 1.79. The van der Waals surface area contributed by atoms with Crippen molar-refractivity contribution in [3.63, 3.8) is 0 Å². The molecule has 0 radical (unpaired) electrons. The molecule has 1 aliphatic rings. The van der Waals surface area contributed by atoms with Gasteiger partial charge in [-0.05, 0) is 53.3 Å². The minimum absolute atomic E-state index is 0.0272. The standard InChI is InChI=1S/C20H25F4N5O/c1-18(2)10-15(19(3,4)29(18)5)27-16-14(21)11-25-17(28-16)26-12-7-6-8-13(9-12)30-20(22,23)24/h6-9,11,15H,10H2,1-5H3,(H2,25,26,27,28). The molecule has 2 heterocycles. The molecule has 1 aliphatic heterocycles. The maximum Gasteiger partial charge on any atom is 0.573 e. The van der Waals surface area contributed by atoms with Crippen LogP contribution in [0, 0.1) is 5.82 Å². The van der Waals surface area contributed by atoms with Gasteiger partial charge in [0.25, 0.3) is 0 Å². The number of ether oxygens (including phenoxy) is 1. The van der Waals surface area contributed by atoms with Crippen LogP contribution in [0.3, 0.4) is 0 Å². The van der Waals surface area contributed by atoms with Crippen molar-refractivity contribution < 1.29 is 22.3 Å². The highest BCUT2D eigenvalue weighted by molar-refractivity contribution is 5.57. The zero-order valence-corrected chi connectivity index (χ0v) is 17.4. The van der Waals surface area contributed by atoms with E-state index in [1.165, 1.54) is 18.2 Å². The van der Waals surface area contributed by atoms with Gasteiger partial charge in [0.1, 0.15) is 5.75 Å². The van der Waals surface area contributed by atoms with E-state index in [0.29, 0.717) is 0 Å². The van der Waals surface area contributed by atoms with E-state index in [1.807, 2.05) is 7.05 Å². The van der Waals surface area contributed by atoms with Gasteiger partial charge in [0.05, 0.1) is 6.20 Å². The Morgan fingerprint density at radius 2 is 1.90 bits per heavy atom. The first-order valence-electron chi connectivity index (χ1n) is 9.44. The summed E-state index contributed by atoms with van der Waals surface area (Å²) in [6, 6.07) is 5.19. The van der Waals surface area contributed by atoms with Crippen LogP contribution < -0.4 is 15.4 Å². The highest BCUT2D eigenvalue weighted by atomic mass is 19.4. The van der Waals surface area contributed by atoms with E-state index in [2.05, 4.69) is 57.9 Å². The number of halogens is 4. The first-order valence-corrected chi connectivity index (χ1v) is 9.44. The zero-order chi connectivity index (χ0) is 22.3. The molecule has 0 aliphatic carbocycles. The Labute approximate surface area is 172 Å². The summed E-state index contributed by atoms with van der Waals surface area (Å²) in [5.74, 6) is -0.922. The van der Waals surface area contributed by atoms with Crippen molar-refractivity contribution >= 4 is 17.5 Å². The maximum absolute atomic E-state index is 14.4. The van der Waals surface area contributed by atoms with E-state index >= 15 is 0 Å². The molecule has 3 rings (SSSR count). The van der Waals surface area contributed by atoms with E-state index in [9.17, 15) is 17.6 Å². The van der Waals surface area contributed by atoms with E-state index in [4.69, 9.17) is 0 Å². The van der Waals surface area contributed by atoms with E-state index in [0.717, 1.165) is 18.7 Å². The van der Waals surface area contributed by atoms with E-state index < -0.39 is 12.2 Å². The third kappa shape index (κ3) is 4.75. The molecule has 1 saturated heterocycles. The summed E-state index contributed by atoms with van der Waals surface area (Å²) in [6.07, 6.45) is -3.00. The number of nitrogens with one attached hydrogen (secondary N) is 2. The normalized spacial score (nSPS) is 20.8. The predicted molar refractivity (Wildman–Crippen MR) is 106 cm³/mol. The number of aromatic nitrogens is 2. The average Bonchev–Trinajstić information content (AvgIpc) is 2.76. The molecule has 2 aromatic rings. The van der Waals surface area contributed by atoms with Gasteiger partial charge in [0.15, 0.2) is 11.6 Å². The molecule has 0 amide bonds. The molecule has 2 N–H and O–H groups in total. The highest BCUT2D eigenvalue weighted by Gasteiger charge is 2.49. The number of alkyl halides is 3. The van der Waals surface area contributed by atoms with Crippen molar-refractivity contribution in [2.45, 2.75) is 57.6 Å². The van der Waals surface area contributed by atoms with Crippen LogP contribution in [0.15, 0.2) is 30.5 Å². The van der Waals surface area contributed by atoms with E-state index in [-0.39, 0.29) is 40.3 Å². The largest absolute Gasteiger partial charge is 0.573 e. The van der Waals surface area contributed by atoms with Crippen molar-refractivity contribution in [2.24, 2.45) is 0 Å². The monoisotopic (exact) mass is 427 g/mol. The first kappa shape index (κ1) is 22.1. The highest BCUT2D eigenvalue weighted by Crippen LogP contribution is 2.40. The van der Waals surface area contributed by atoms with Crippen LogP contribution in [0.5, 0.6) is 5.75 Å². The van der Waals surface area contributed by atoms with Gasteiger partial charge in [0, 0.05) is 28.9 Å². The van der Waals surface area contributed by atoms with Gasteiger partial charge in [-0.2, -0.15) is 4.98 Å². The summed E-state index contributed by atoms with van der Waals surface area (Å²) in [6.45, 7) is 8.39. The van der Waals surface area contributed by atoms with Crippen LogP contribution in [-0.2, 0) is 0 Å². The maximum atomic E-state index is 14.4. The third-order valence-corrected chi connectivity index (χ3v) is 5.71. The Kier molecular flexibility index (Phi) is 5.57. The van der Waals surface area contributed by atoms with Crippen LogP contribution >= 0.6 is 0 Å². The van der Waals surface area contributed by atoms with Gasteiger partial charge in [-0.15, -0.1) is 13.2 Å². The molecule has 1 aromatic heterocycles. The molecule has 0 spiro atoms. The van der Waals surface area contributed by atoms with Gasteiger partial charge in [-0.25, -0.2) is 9.37 Å². The third-order valence-electron chi connectivity index (χ3n) is 5.71. The molecule has 1 unspecified atom stereocenters. The summed E-state index contributed by atoms with van der Waals surface area (Å²) in [7, 11) is 2.03. The zero-order valence-electron chi connectivity index (χ0n) is 17.4. The Bertz CT molecular complexity index is 916. The lowest BCUT2D eigenvalue weighted by Gasteiger charge is -2.38. The van der Waals surface area contributed by atoms with E-state index in [1.54, 1.807) is 0 Å². The number of likely N-dealkylation sites (N-methyl/N-ethyl adjacent to an activating group) is 1. The Morgan fingerprint density at radius 3 is 2.50 bits per heavy atom. The van der Waals surface area contributed by atoms with Crippen LogP contribution in [0.4, 0.5) is 35.0 Å². The lowest BCUT2D eigenvalue weighted by Crippen LogP contribution is -2.49. The fraction of sp³-hybridized carbons (Fsp3) is 0.500. The van der Waals surface area contributed by atoms with Crippen molar-refractivity contribution in [3.05, 3.63) is 36.3 Å². The minimum Gasteiger partial charge on any atom is -0.406 e. The second-order valence-electron chi connectivity index (χ2n) is 8.52. The molecule has 0 saturated carbocycles. The number of likely N-dealkylation sites (tertiary alicyclic amines) is 1. The van der Waals surface area contributed by atoms with Crippen molar-refractivity contribution in [3.8, 4) is 5.75 Å². The average molecular weight is 427 g/mol. The Hall–Kier alpha value is -2.62. The van der Waals surface area contributed by atoms with Gasteiger partial charge < -0.3 is 15.4 Å². The van der Waals surface area contributed by atoms with Crippen LogP contribution in [0.1, 0.15) is 34.1 Å². The molecule has 0 bridgehead atoms. The molecule has 164 valence electrons. The van der Waals surface area contributed by atoms with Gasteiger partial charge in [0.2, 0.25) is 5.95 Å². The fourth-order valence-corrected chi connectivity index (χ4v) is 3.72. The second kappa shape index (κ2) is 7.57. The van der Waals surface area contributed by atoms with Crippen LogP contribution in [0.2, 0.25) is 0 Å².